The number of thiazole rings is 1. The number of nitrogens with one attached hydrogen (secondary N) is 1. The fraction of sp³-hybridized carbons (Fsp3) is 0.400. The van der Waals surface area contributed by atoms with Gasteiger partial charge in [-0.1, -0.05) is 23.4 Å². The van der Waals surface area contributed by atoms with Crippen molar-refractivity contribution in [2.45, 2.75) is 31.4 Å². The normalized spacial score (nSPS) is 19.3. The van der Waals surface area contributed by atoms with E-state index in [0.29, 0.717) is 41.1 Å². The maximum Gasteiger partial charge on any atom is 0.355 e. The molecule has 0 saturated carbocycles. The number of thioether (sulfide) groups is 1. The molecule has 1 unspecified atom stereocenters. The number of fused-ring (bicyclic) bond motifs is 1. The molecule has 46 heavy (non-hydrogen) atoms. The third-order valence-electron chi connectivity index (χ3n) is 7.60. The molecule has 4 rings (SSSR count). The van der Waals surface area contributed by atoms with Gasteiger partial charge in [0.1, 0.15) is 42.3 Å². The number of nitrogens with zero attached hydrogens (tertiary/aromatic N) is 4. The van der Waals surface area contributed by atoms with Crippen LogP contribution in [-0.2, 0) is 35.4 Å². The Morgan fingerprint density at radius 2 is 1.96 bits per heavy atom. The molecule has 2 aromatic rings. The number of hydrogen-bond acceptors (Lipinski definition) is 12. The highest BCUT2D eigenvalue weighted by molar-refractivity contribution is 8.00. The molecule has 1 aromatic heterocycles. The van der Waals surface area contributed by atoms with Crippen molar-refractivity contribution in [3.63, 3.8) is 0 Å². The Kier molecular flexibility index (Phi) is 11.4. The minimum Gasteiger partial charge on any atom is -0.497 e. The number of methoxy groups -OCH3 is 1. The predicted octanol–water partition coefficient (Wildman–Crippen LogP) is 1.38. The summed E-state index contributed by atoms with van der Waals surface area (Å²) in [6.07, 6.45) is 4.24. The van der Waals surface area contributed by atoms with Gasteiger partial charge in [0, 0.05) is 11.1 Å². The van der Waals surface area contributed by atoms with Crippen molar-refractivity contribution in [2.75, 3.05) is 52.4 Å². The Morgan fingerprint density at radius 1 is 1.22 bits per heavy atom. The van der Waals surface area contributed by atoms with Crippen molar-refractivity contribution >= 4 is 57.6 Å². The number of carbonyl (C=O) groups excluding carboxylic acids is 4. The number of nitrogen functional groups attached to an aromatic ring is 1. The molecule has 5 N–H and O–H groups in total. The molecule has 0 spiro atoms. The van der Waals surface area contributed by atoms with Crippen LogP contribution in [0.15, 0.2) is 58.2 Å². The molecule has 0 radical (unpaired) electrons. The molecule has 2 aliphatic heterocycles. The first-order valence-corrected chi connectivity index (χ1v) is 16.3. The number of carbonyl (C=O) groups is 4. The van der Waals surface area contributed by atoms with Crippen LogP contribution in [0.1, 0.15) is 24.6 Å². The average molecular weight is 673 g/mol. The van der Waals surface area contributed by atoms with Gasteiger partial charge in [0.15, 0.2) is 17.4 Å². The molecule has 0 aliphatic carbocycles. The Balaban J connectivity index is 1.53. The molecule has 1 fully saturated rings. The van der Waals surface area contributed by atoms with Gasteiger partial charge in [-0.05, 0) is 42.7 Å². The van der Waals surface area contributed by atoms with E-state index in [0.717, 1.165) is 16.9 Å². The second-order valence-corrected chi connectivity index (χ2v) is 12.8. The number of oxime groups is 1. The lowest BCUT2D eigenvalue weighted by Gasteiger charge is -2.49. The Labute approximate surface area is 275 Å². The second kappa shape index (κ2) is 15.2. The number of allylic oxidation sites excluding steroid dienone is 1. The number of nitrogens with two attached hydrogens (primary N) is 2. The third kappa shape index (κ3) is 8.05. The highest BCUT2D eigenvalue weighted by Gasteiger charge is 2.54. The fourth-order valence-electron chi connectivity index (χ4n) is 4.91. The van der Waals surface area contributed by atoms with Crippen molar-refractivity contribution in [2.24, 2.45) is 10.9 Å². The Morgan fingerprint density at radius 3 is 2.57 bits per heavy atom. The summed E-state index contributed by atoms with van der Waals surface area (Å²) in [4.78, 5) is 62.1. The van der Waals surface area contributed by atoms with E-state index < -0.39 is 29.2 Å². The van der Waals surface area contributed by atoms with E-state index in [2.05, 4.69) is 15.5 Å². The molecular weight excluding hydrogens is 635 g/mol. The Bertz CT molecular complexity index is 1560. The largest absolute Gasteiger partial charge is 0.497 e. The molecule has 16 heteroatoms. The number of rotatable bonds is 15. The summed E-state index contributed by atoms with van der Waals surface area (Å²) in [5, 5.41) is 7.76. The van der Waals surface area contributed by atoms with Gasteiger partial charge < -0.3 is 35.6 Å². The van der Waals surface area contributed by atoms with E-state index in [1.807, 2.05) is 26.1 Å². The average Bonchev–Trinajstić information content (AvgIpc) is 3.48. The van der Waals surface area contributed by atoms with Gasteiger partial charge in [-0.15, -0.1) is 23.1 Å². The van der Waals surface area contributed by atoms with E-state index in [9.17, 15) is 19.2 Å². The molecule has 0 bridgehead atoms. The molecule has 1 saturated heterocycles. The molecule has 2 aliphatic rings. The fourth-order valence-corrected chi connectivity index (χ4v) is 6.81. The second-order valence-electron chi connectivity index (χ2n) is 10.8. The lowest BCUT2D eigenvalue weighted by atomic mass is 10.0. The maximum atomic E-state index is 13.6. The van der Waals surface area contributed by atoms with Crippen LogP contribution in [0.25, 0.3) is 0 Å². The van der Waals surface area contributed by atoms with Crippen molar-refractivity contribution < 1.29 is 38.0 Å². The minimum atomic E-state index is -0.923. The quantitative estimate of drug-likeness (QED) is 0.0623. The molecule has 14 nitrogen and oxygen atoms in total. The molecular formula is C30H38N7O7S2+. The van der Waals surface area contributed by atoms with Gasteiger partial charge in [-0.3, -0.25) is 19.3 Å². The molecule has 3 heterocycles. The number of hydrogen-bond donors (Lipinski definition) is 3. The van der Waals surface area contributed by atoms with Gasteiger partial charge in [0.05, 0.1) is 27.2 Å². The molecule has 1 aromatic carbocycles. The number of amides is 3. The molecule has 3 amide bonds. The zero-order chi connectivity index (χ0) is 33.4. The van der Waals surface area contributed by atoms with Gasteiger partial charge in [0.25, 0.3) is 17.7 Å². The molecule has 3 atom stereocenters. The minimum absolute atomic E-state index is 0.0114. The van der Waals surface area contributed by atoms with Gasteiger partial charge in [-0.2, -0.15) is 0 Å². The summed E-state index contributed by atoms with van der Waals surface area (Å²) in [6.45, 7) is 3.44. The van der Waals surface area contributed by atoms with Crippen LogP contribution in [0, 0.1) is 0 Å². The van der Waals surface area contributed by atoms with Crippen molar-refractivity contribution in [3.8, 4) is 5.75 Å². The monoisotopic (exact) mass is 672 g/mol. The summed E-state index contributed by atoms with van der Waals surface area (Å²) >= 11 is 2.56. The summed E-state index contributed by atoms with van der Waals surface area (Å²) in [6, 6.07) is 6.18. The topological polar surface area (TPSA) is 189 Å². The first-order valence-electron chi connectivity index (χ1n) is 14.4. The van der Waals surface area contributed by atoms with Crippen LogP contribution >= 0.6 is 23.1 Å². The lowest BCUT2D eigenvalue weighted by Crippen LogP contribution is -2.71. The van der Waals surface area contributed by atoms with E-state index >= 15 is 0 Å². The van der Waals surface area contributed by atoms with Crippen LogP contribution in [0.2, 0.25) is 0 Å². The van der Waals surface area contributed by atoms with Crippen LogP contribution < -0.4 is 21.5 Å². The van der Waals surface area contributed by atoms with Crippen molar-refractivity contribution in [3.05, 3.63) is 64.3 Å². The highest BCUT2D eigenvalue weighted by atomic mass is 32.2. The van der Waals surface area contributed by atoms with E-state index in [1.54, 1.807) is 36.8 Å². The smallest absolute Gasteiger partial charge is 0.355 e. The number of likely N-dealkylation sites (N-methyl/N-ethyl adjacent to an activating group) is 1. The summed E-state index contributed by atoms with van der Waals surface area (Å²) in [5.41, 5.74) is 12.8. The lowest BCUT2D eigenvalue weighted by molar-refractivity contribution is -0.894. The van der Waals surface area contributed by atoms with Crippen LogP contribution in [0.4, 0.5) is 5.13 Å². The highest BCUT2D eigenvalue weighted by Crippen LogP contribution is 2.41. The van der Waals surface area contributed by atoms with E-state index in [4.69, 9.17) is 25.8 Å². The first kappa shape index (κ1) is 34.5. The van der Waals surface area contributed by atoms with Crippen LogP contribution in [0.3, 0.4) is 0 Å². The van der Waals surface area contributed by atoms with Crippen molar-refractivity contribution in [1.82, 2.24) is 15.2 Å². The van der Waals surface area contributed by atoms with Crippen LogP contribution in [0.5, 0.6) is 5.75 Å². The number of ether oxygens (including phenoxy) is 2. The van der Waals surface area contributed by atoms with E-state index in [1.165, 1.54) is 23.8 Å². The number of β-lactam (4-membered cyclic amide) rings is 1. The number of anilines is 1. The zero-order valence-electron chi connectivity index (χ0n) is 26.1. The first-order chi connectivity index (χ1) is 22.0. The number of benzene rings is 1. The number of esters is 1. The van der Waals surface area contributed by atoms with Crippen molar-refractivity contribution in [1.29, 1.82) is 0 Å². The zero-order valence-corrected chi connectivity index (χ0v) is 27.7. The van der Waals surface area contributed by atoms with E-state index in [-0.39, 0.29) is 41.3 Å². The number of aromatic nitrogens is 1. The Hall–Kier alpha value is -4.41. The molecule has 246 valence electrons. The third-order valence-corrected chi connectivity index (χ3v) is 9.61. The number of primary amides is 1. The summed E-state index contributed by atoms with van der Waals surface area (Å²) < 4.78 is 11.3. The van der Waals surface area contributed by atoms with Gasteiger partial charge in [-0.25, -0.2) is 9.78 Å². The van der Waals surface area contributed by atoms with Gasteiger partial charge in [0.2, 0.25) is 0 Å². The SMILES string of the molecule is CC[N+](C)(C/C=C\CC1=C(C(=O)OCc2ccc(OC)cc2)N2C(=O)[C@@H](NC(=O)/C(=N\OC)c3csc(N)n3)[C@H]2SC1)CC(N)=O. The number of quaternary nitrogens is 1. The predicted molar refractivity (Wildman–Crippen MR) is 174 cm³/mol. The summed E-state index contributed by atoms with van der Waals surface area (Å²) in [5.74, 6) is -1.07. The van der Waals surface area contributed by atoms with Gasteiger partial charge >= 0.3 is 5.97 Å². The maximum absolute atomic E-state index is 13.6. The standard InChI is InChI=1S/C30H37N7O7S2/c1-5-37(2,14-22(31)38)13-7-6-8-19-16-45-28-24(34-26(39)23(35-43-4)21-17-46-30(32)33-21)27(40)36(28)25(19)29(41)44-15-18-9-11-20(42-3)12-10-18/h6-7,9-12,17,24,28H,5,8,13-16H2,1-4H3,(H4-,31,32,33,34,38,39)/p+1/b7-6-,35-23-/t24-,28-,37?/m1/s1. The van der Waals surface area contributed by atoms with Crippen LogP contribution in [-0.4, -0.2) is 102 Å². The summed E-state index contributed by atoms with van der Waals surface area (Å²) in [7, 11) is 4.80.